The van der Waals surface area contributed by atoms with Crippen molar-refractivity contribution in [2.45, 2.75) is 26.8 Å². The van der Waals surface area contributed by atoms with Crippen LogP contribution in [0.5, 0.6) is 0 Å². The van der Waals surface area contributed by atoms with Crippen molar-refractivity contribution in [2.24, 2.45) is 0 Å². The maximum Gasteiger partial charge on any atom is 0.373 e. The van der Waals surface area contributed by atoms with Crippen LogP contribution < -0.4 is 11.4 Å². The van der Waals surface area contributed by atoms with Gasteiger partial charge in [-0.2, -0.15) is 9.59 Å². The quantitative estimate of drug-likeness (QED) is 0.702. The zero-order chi connectivity index (χ0) is 17.7. The molecule has 0 radical (unpaired) electrons. The minimum Gasteiger partial charge on any atom is -0.382 e. The van der Waals surface area contributed by atoms with Crippen molar-refractivity contribution in [1.29, 1.82) is 0 Å². The van der Waals surface area contributed by atoms with Gasteiger partial charge in [0.1, 0.15) is 11.3 Å². The number of aryl methyl sites for hydroxylation is 2. The van der Waals surface area contributed by atoms with E-state index < -0.39 is 0 Å². The number of hydrogen-bond acceptors (Lipinski definition) is 7. The number of nitrogens with two attached hydrogens (primary N) is 1. The first-order valence-electron chi connectivity index (χ1n) is 7.15. The van der Waals surface area contributed by atoms with Crippen molar-refractivity contribution in [3.8, 4) is 0 Å². The molecule has 0 bridgehead atoms. The summed E-state index contributed by atoms with van der Waals surface area (Å²) in [5, 5.41) is 0. The Kier molecular flexibility index (Phi) is 6.98. The van der Waals surface area contributed by atoms with E-state index in [2.05, 4.69) is 19.9 Å². The first-order chi connectivity index (χ1) is 11.5. The van der Waals surface area contributed by atoms with E-state index in [1.165, 1.54) is 0 Å². The third kappa shape index (κ3) is 4.50. The number of nitrogens with zero attached hydrogens (tertiary/aromatic N) is 4. The fourth-order valence-electron chi connectivity index (χ4n) is 2.18. The predicted molar refractivity (Wildman–Crippen MR) is 92.3 cm³/mol. The van der Waals surface area contributed by atoms with E-state index >= 15 is 0 Å². The number of carbonyl (C=O) groups excluding carboxylic acids is 2. The number of aromatic amines is 1. The second kappa shape index (κ2) is 8.72. The van der Waals surface area contributed by atoms with Crippen LogP contribution in [0.1, 0.15) is 24.0 Å². The number of hydrogen-bond donors (Lipinski definition) is 2. The molecule has 0 atom stereocenters. The fraction of sp³-hybridized carbons (Fsp3) is 0.267. The smallest absolute Gasteiger partial charge is 0.373 e. The standard InChI is InChI=1S/C14H16N6O.CO2.ClH/c1-3-10-17-12(15)11-13(18-10)20(14(21)19-11)7-9-5-4-8(2)16-6-9;2-1-3;/h4-6H,3,7H2,1-2H3,(H,19,21)(H2,15,17,18);;1H. The summed E-state index contributed by atoms with van der Waals surface area (Å²) in [7, 11) is 0. The van der Waals surface area contributed by atoms with Crippen molar-refractivity contribution in [1.82, 2.24) is 24.5 Å². The summed E-state index contributed by atoms with van der Waals surface area (Å²) < 4.78 is 1.55. The summed E-state index contributed by atoms with van der Waals surface area (Å²) in [5.74, 6) is 0.921. The largest absolute Gasteiger partial charge is 0.382 e. The van der Waals surface area contributed by atoms with Crippen molar-refractivity contribution in [3.05, 3.63) is 45.9 Å². The predicted octanol–water partition coefficient (Wildman–Crippen LogP) is 0.854. The Morgan fingerprint density at radius 3 is 2.52 bits per heavy atom. The van der Waals surface area contributed by atoms with E-state index in [1.54, 1.807) is 10.8 Å². The molecule has 132 valence electrons. The molecule has 25 heavy (non-hydrogen) atoms. The third-order valence-electron chi connectivity index (χ3n) is 3.33. The molecule has 0 saturated heterocycles. The molecule has 10 heteroatoms. The van der Waals surface area contributed by atoms with Crippen LogP contribution in [0.3, 0.4) is 0 Å². The van der Waals surface area contributed by atoms with Gasteiger partial charge in [-0.1, -0.05) is 13.0 Å². The lowest BCUT2D eigenvalue weighted by molar-refractivity contribution is -0.191. The Labute approximate surface area is 148 Å². The van der Waals surface area contributed by atoms with Gasteiger partial charge in [-0.25, -0.2) is 14.8 Å². The van der Waals surface area contributed by atoms with Crippen LogP contribution in [0, 0.1) is 6.92 Å². The second-order valence-corrected chi connectivity index (χ2v) is 4.98. The normalized spacial score (nSPS) is 9.68. The summed E-state index contributed by atoms with van der Waals surface area (Å²) in [6.07, 6.45) is 2.66. The van der Waals surface area contributed by atoms with Gasteiger partial charge in [0.05, 0.1) is 6.54 Å². The number of aromatic nitrogens is 5. The zero-order valence-electron chi connectivity index (χ0n) is 13.6. The van der Waals surface area contributed by atoms with Gasteiger partial charge in [-0.15, -0.1) is 12.4 Å². The van der Waals surface area contributed by atoms with Gasteiger partial charge in [0.25, 0.3) is 0 Å². The molecule has 3 aromatic heterocycles. The summed E-state index contributed by atoms with van der Waals surface area (Å²) in [5.41, 5.74) is 8.51. The molecular formula is C15H17ClN6O3. The Bertz CT molecular complexity index is 942. The van der Waals surface area contributed by atoms with Crippen LogP contribution >= 0.6 is 12.4 Å². The molecule has 0 aliphatic carbocycles. The minimum absolute atomic E-state index is 0. The number of imidazole rings is 1. The van der Waals surface area contributed by atoms with Crippen LogP contribution in [0.4, 0.5) is 5.82 Å². The van der Waals surface area contributed by atoms with Crippen LogP contribution in [-0.4, -0.2) is 30.7 Å². The lowest BCUT2D eigenvalue weighted by Crippen LogP contribution is -2.18. The number of fused-ring (bicyclic) bond motifs is 1. The molecule has 0 spiro atoms. The van der Waals surface area contributed by atoms with Crippen LogP contribution in [0.25, 0.3) is 11.2 Å². The molecular weight excluding hydrogens is 348 g/mol. The highest BCUT2D eigenvalue weighted by molar-refractivity contribution is 5.85. The molecule has 0 aliphatic rings. The first kappa shape index (κ1) is 20.0. The van der Waals surface area contributed by atoms with Gasteiger partial charge < -0.3 is 10.7 Å². The van der Waals surface area contributed by atoms with Gasteiger partial charge >= 0.3 is 11.8 Å². The molecule has 3 rings (SSSR count). The first-order valence-corrected chi connectivity index (χ1v) is 7.15. The van der Waals surface area contributed by atoms with Gasteiger partial charge in [-0.3, -0.25) is 9.55 Å². The van der Waals surface area contributed by atoms with Gasteiger partial charge in [-0.05, 0) is 18.6 Å². The fourth-order valence-corrected chi connectivity index (χ4v) is 2.18. The number of pyridine rings is 1. The lowest BCUT2D eigenvalue weighted by atomic mass is 10.2. The van der Waals surface area contributed by atoms with E-state index in [-0.39, 0.29) is 24.2 Å². The van der Waals surface area contributed by atoms with Crippen molar-refractivity contribution in [2.75, 3.05) is 5.73 Å². The number of nitrogens with one attached hydrogen (secondary N) is 1. The summed E-state index contributed by atoms with van der Waals surface area (Å²) in [6, 6.07) is 3.86. The van der Waals surface area contributed by atoms with E-state index in [0.717, 1.165) is 11.3 Å². The summed E-state index contributed by atoms with van der Waals surface area (Å²) >= 11 is 0. The maximum atomic E-state index is 12.1. The Hall–Kier alpha value is -3.03. The summed E-state index contributed by atoms with van der Waals surface area (Å²) in [6.45, 7) is 4.26. The number of rotatable bonds is 3. The van der Waals surface area contributed by atoms with Gasteiger partial charge in [0.15, 0.2) is 11.5 Å². The SMILES string of the molecule is CCc1nc(N)c2[nH]c(=O)n(Cc3ccc(C)nc3)c2n1.Cl.O=C=O. The molecule has 0 fully saturated rings. The van der Waals surface area contributed by atoms with Crippen LogP contribution in [0.15, 0.2) is 23.1 Å². The highest BCUT2D eigenvalue weighted by Gasteiger charge is 2.13. The molecule has 0 aromatic carbocycles. The number of H-pyrrole nitrogens is 1. The zero-order valence-corrected chi connectivity index (χ0v) is 14.5. The Balaban J connectivity index is 0.000000730. The van der Waals surface area contributed by atoms with Crippen LogP contribution in [0.2, 0.25) is 0 Å². The molecule has 3 aromatic rings. The highest BCUT2D eigenvalue weighted by Crippen LogP contribution is 2.15. The van der Waals surface area contributed by atoms with E-state index in [1.807, 2.05) is 26.0 Å². The number of nitrogen functional groups attached to an aromatic ring is 1. The van der Waals surface area contributed by atoms with E-state index in [0.29, 0.717) is 35.8 Å². The molecule has 9 nitrogen and oxygen atoms in total. The maximum absolute atomic E-state index is 12.1. The van der Waals surface area contributed by atoms with Crippen molar-refractivity contribution in [3.63, 3.8) is 0 Å². The molecule has 0 amide bonds. The van der Waals surface area contributed by atoms with Gasteiger partial charge in [0, 0.05) is 18.3 Å². The molecule has 0 unspecified atom stereocenters. The highest BCUT2D eigenvalue weighted by atomic mass is 35.5. The topological polar surface area (TPSA) is 137 Å². The number of halogens is 1. The molecule has 3 heterocycles. The van der Waals surface area contributed by atoms with Crippen LogP contribution in [-0.2, 0) is 22.6 Å². The third-order valence-corrected chi connectivity index (χ3v) is 3.33. The minimum atomic E-state index is -0.250. The Morgan fingerprint density at radius 2 is 1.96 bits per heavy atom. The van der Waals surface area contributed by atoms with Crippen molar-refractivity contribution < 1.29 is 9.59 Å². The Morgan fingerprint density at radius 1 is 1.28 bits per heavy atom. The number of anilines is 1. The van der Waals surface area contributed by atoms with E-state index in [9.17, 15) is 4.79 Å². The van der Waals surface area contributed by atoms with E-state index in [4.69, 9.17) is 15.3 Å². The average molecular weight is 365 g/mol. The second-order valence-electron chi connectivity index (χ2n) is 4.98. The summed E-state index contributed by atoms with van der Waals surface area (Å²) in [4.78, 5) is 43.9. The van der Waals surface area contributed by atoms with Gasteiger partial charge in [0.2, 0.25) is 0 Å². The molecule has 3 N–H and O–H groups in total. The monoisotopic (exact) mass is 364 g/mol. The molecule has 0 aliphatic heterocycles. The lowest BCUT2D eigenvalue weighted by Gasteiger charge is -2.05. The average Bonchev–Trinajstić information content (AvgIpc) is 2.87. The molecule has 0 saturated carbocycles. The van der Waals surface area contributed by atoms with Crippen molar-refractivity contribution >= 4 is 35.5 Å².